The van der Waals surface area contributed by atoms with Gasteiger partial charge in [0.1, 0.15) is 5.76 Å². The second kappa shape index (κ2) is 10.2. The van der Waals surface area contributed by atoms with E-state index >= 15 is 0 Å². The van der Waals surface area contributed by atoms with Crippen LogP contribution in [-0.2, 0) is 22.4 Å². The summed E-state index contributed by atoms with van der Waals surface area (Å²) in [5, 5.41) is 9.89. The first-order valence-electron chi connectivity index (χ1n) is 10.5. The molecule has 5 nitrogen and oxygen atoms in total. The van der Waals surface area contributed by atoms with Gasteiger partial charge in [-0.1, -0.05) is 18.6 Å². The highest BCUT2D eigenvalue weighted by molar-refractivity contribution is 5.93. The van der Waals surface area contributed by atoms with Crippen LogP contribution in [0.15, 0.2) is 74.6 Å². The highest BCUT2D eigenvalue weighted by atomic mass is 16.6. The van der Waals surface area contributed by atoms with Gasteiger partial charge >= 0.3 is 5.97 Å². The summed E-state index contributed by atoms with van der Waals surface area (Å²) in [4.78, 5) is 11.5. The van der Waals surface area contributed by atoms with Crippen LogP contribution in [0.4, 0.5) is 0 Å². The zero-order valence-corrected chi connectivity index (χ0v) is 17.9. The molecule has 2 aromatic rings. The Morgan fingerprint density at radius 1 is 1.27 bits per heavy atom. The van der Waals surface area contributed by atoms with Crippen LogP contribution < -0.4 is 0 Å². The lowest BCUT2D eigenvalue weighted by Crippen LogP contribution is -1.97. The van der Waals surface area contributed by atoms with Gasteiger partial charge in [-0.3, -0.25) is 0 Å². The first-order valence-corrected chi connectivity index (χ1v) is 10.5. The zero-order valence-electron chi connectivity index (χ0n) is 17.9. The summed E-state index contributed by atoms with van der Waals surface area (Å²) in [5.74, 6) is 0.965. The number of furan rings is 2. The van der Waals surface area contributed by atoms with Crippen molar-refractivity contribution in [1.82, 2.24) is 0 Å². The van der Waals surface area contributed by atoms with Crippen LogP contribution >= 0.6 is 0 Å². The fourth-order valence-corrected chi connectivity index (χ4v) is 3.47. The molecular weight excluding hydrogens is 380 g/mol. The molecule has 1 aliphatic rings. The lowest BCUT2D eigenvalue weighted by Gasteiger charge is -2.07. The molecule has 1 N–H and O–H groups in total. The number of ether oxygens (including phenoxy) is 1. The molecular formula is C25H30O5. The third-order valence-corrected chi connectivity index (χ3v) is 5.35. The van der Waals surface area contributed by atoms with Crippen molar-refractivity contribution in [1.29, 1.82) is 0 Å². The number of aliphatic hydroxyl groups is 1. The van der Waals surface area contributed by atoms with Crippen molar-refractivity contribution in [2.45, 2.75) is 59.3 Å². The quantitative estimate of drug-likeness (QED) is 0.361. The summed E-state index contributed by atoms with van der Waals surface area (Å²) in [7, 11) is 0. The second-order valence-corrected chi connectivity index (χ2v) is 8.08. The molecule has 1 aliphatic heterocycles. The van der Waals surface area contributed by atoms with Crippen molar-refractivity contribution >= 4 is 5.97 Å². The fraction of sp³-hybridized carbons (Fsp3) is 0.400. The Labute approximate surface area is 177 Å². The third kappa shape index (κ3) is 6.02. The van der Waals surface area contributed by atoms with E-state index in [4.69, 9.17) is 13.6 Å². The summed E-state index contributed by atoms with van der Waals surface area (Å²) in [5.41, 5.74) is 4.00. The van der Waals surface area contributed by atoms with Gasteiger partial charge in [0.05, 0.1) is 24.4 Å². The SMILES string of the molecule is CC1=C(O)/C(=C/[C@H](C)CC/C=C(/C)CCCc2coc(Cc3ccoc3)c2)OC1=O. The number of cyclic esters (lactones) is 1. The lowest BCUT2D eigenvalue weighted by atomic mass is 10.0. The number of rotatable bonds is 10. The Bertz CT molecular complexity index is 940. The predicted octanol–water partition coefficient (Wildman–Crippen LogP) is 6.42. The Morgan fingerprint density at radius 2 is 2.10 bits per heavy atom. The van der Waals surface area contributed by atoms with E-state index in [1.807, 2.05) is 18.4 Å². The van der Waals surface area contributed by atoms with E-state index < -0.39 is 5.97 Å². The number of hydrogen-bond donors (Lipinski definition) is 1. The monoisotopic (exact) mass is 410 g/mol. The predicted molar refractivity (Wildman–Crippen MR) is 115 cm³/mol. The standard InChI is InChI=1S/C25H30O5/c1-17(6-4-8-18(2)12-23-24(26)19(3)25(27)30-23)7-5-9-20-13-22(29-16-20)14-21-10-11-28-15-21/h6,10-13,15-16,18,26H,4-5,7-9,14H2,1-3H3/b17-6-,23-12-/t18-/m1/s1. The molecule has 0 saturated heterocycles. The van der Waals surface area contributed by atoms with Crippen LogP contribution in [0, 0.1) is 5.92 Å². The van der Waals surface area contributed by atoms with Crippen molar-refractivity contribution in [2.75, 3.05) is 0 Å². The maximum atomic E-state index is 11.5. The molecule has 3 heterocycles. The summed E-state index contributed by atoms with van der Waals surface area (Å²) in [6.07, 6.45) is 15.2. The number of aryl methyl sites for hydroxylation is 1. The van der Waals surface area contributed by atoms with E-state index in [0.717, 1.165) is 49.8 Å². The Hall–Kier alpha value is -2.95. The number of hydrogen-bond acceptors (Lipinski definition) is 5. The normalized spacial score (nSPS) is 17.1. The summed E-state index contributed by atoms with van der Waals surface area (Å²) in [6.45, 7) is 5.80. The third-order valence-electron chi connectivity index (χ3n) is 5.35. The van der Waals surface area contributed by atoms with E-state index in [2.05, 4.69) is 26.0 Å². The topological polar surface area (TPSA) is 72.8 Å². The molecule has 2 aromatic heterocycles. The van der Waals surface area contributed by atoms with Crippen LogP contribution in [0.25, 0.3) is 0 Å². The lowest BCUT2D eigenvalue weighted by molar-refractivity contribution is -0.133. The van der Waals surface area contributed by atoms with Crippen molar-refractivity contribution < 1.29 is 23.5 Å². The maximum Gasteiger partial charge on any atom is 0.343 e. The summed E-state index contributed by atoms with van der Waals surface area (Å²) in [6, 6.07) is 4.08. The average Bonchev–Trinajstić information content (AvgIpc) is 3.43. The Balaban J connectivity index is 1.37. The van der Waals surface area contributed by atoms with Gasteiger partial charge in [-0.2, -0.15) is 0 Å². The van der Waals surface area contributed by atoms with Gasteiger partial charge in [0.15, 0.2) is 11.5 Å². The van der Waals surface area contributed by atoms with Gasteiger partial charge in [0.25, 0.3) is 0 Å². The van der Waals surface area contributed by atoms with Crippen LogP contribution in [0.2, 0.25) is 0 Å². The molecule has 0 bridgehead atoms. The molecule has 5 heteroatoms. The molecule has 0 aliphatic carbocycles. The van der Waals surface area contributed by atoms with Crippen LogP contribution in [-0.4, -0.2) is 11.1 Å². The van der Waals surface area contributed by atoms with Gasteiger partial charge in [0.2, 0.25) is 0 Å². The van der Waals surface area contributed by atoms with Gasteiger partial charge in [-0.15, -0.1) is 0 Å². The molecule has 0 amide bonds. The molecule has 30 heavy (non-hydrogen) atoms. The van der Waals surface area contributed by atoms with E-state index in [9.17, 15) is 9.90 Å². The maximum absolute atomic E-state index is 11.5. The molecule has 0 fully saturated rings. The molecule has 160 valence electrons. The Kier molecular flexibility index (Phi) is 7.39. The van der Waals surface area contributed by atoms with E-state index in [-0.39, 0.29) is 23.0 Å². The number of aliphatic hydroxyl groups excluding tert-OH is 1. The molecule has 1 atom stereocenters. The fourth-order valence-electron chi connectivity index (χ4n) is 3.47. The molecule has 3 rings (SSSR count). The second-order valence-electron chi connectivity index (χ2n) is 8.08. The van der Waals surface area contributed by atoms with Crippen molar-refractivity contribution in [3.05, 3.63) is 82.6 Å². The van der Waals surface area contributed by atoms with Gasteiger partial charge in [0, 0.05) is 6.42 Å². The van der Waals surface area contributed by atoms with Gasteiger partial charge in [-0.05, 0) is 81.2 Å². The summed E-state index contributed by atoms with van der Waals surface area (Å²) < 4.78 is 15.8. The van der Waals surface area contributed by atoms with E-state index in [1.165, 1.54) is 11.1 Å². The molecule has 0 radical (unpaired) electrons. The smallest absolute Gasteiger partial charge is 0.343 e. The van der Waals surface area contributed by atoms with E-state index in [0.29, 0.717) is 0 Å². The minimum absolute atomic E-state index is 0.0363. The van der Waals surface area contributed by atoms with Gasteiger partial charge in [-0.25, -0.2) is 4.79 Å². The first-order chi connectivity index (χ1) is 14.4. The minimum Gasteiger partial charge on any atom is -0.504 e. The molecule has 0 aromatic carbocycles. The minimum atomic E-state index is -0.465. The molecule has 0 saturated carbocycles. The summed E-state index contributed by atoms with van der Waals surface area (Å²) >= 11 is 0. The van der Waals surface area contributed by atoms with Crippen molar-refractivity contribution in [3.8, 4) is 0 Å². The van der Waals surface area contributed by atoms with E-state index in [1.54, 1.807) is 19.5 Å². The highest BCUT2D eigenvalue weighted by Gasteiger charge is 2.26. The molecule has 0 spiro atoms. The zero-order chi connectivity index (χ0) is 21.5. The Morgan fingerprint density at radius 3 is 2.80 bits per heavy atom. The number of allylic oxidation sites excluding steroid dienone is 3. The number of carbonyl (C=O) groups is 1. The van der Waals surface area contributed by atoms with Gasteiger partial charge < -0.3 is 18.7 Å². The number of carbonyl (C=O) groups excluding carboxylic acids is 1. The molecule has 0 unspecified atom stereocenters. The van der Waals surface area contributed by atoms with Crippen molar-refractivity contribution in [3.63, 3.8) is 0 Å². The first kappa shape index (κ1) is 21.8. The van der Waals surface area contributed by atoms with Crippen LogP contribution in [0.1, 0.15) is 63.3 Å². The highest BCUT2D eigenvalue weighted by Crippen LogP contribution is 2.26. The largest absolute Gasteiger partial charge is 0.504 e. The van der Waals surface area contributed by atoms with Crippen LogP contribution in [0.3, 0.4) is 0 Å². The number of esters is 1. The van der Waals surface area contributed by atoms with Crippen molar-refractivity contribution in [2.24, 2.45) is 5.92 Å². The average molecular weight is 411 g/mol. The van der Waals surface area contributed by atoms with Crippen LogP contribution in [0.5, 0.6) is 0 Å².